The van der Waals surface area contributed by atoms with Gasteiger partial charge in [-0.15, -0.1) is 12.4 Å². The number of amides is 2. The van der Waals surface area contributed by atoms with Gasteiger partial charge in [0.05, 0.1) is 5.54 Å². The van der Waals surface area contributed by atoms with Crippen LogP contribution in [0.4, 0.5) is 0 Å². The Bertz CT molecular complexity index is 584. The van der Waals surface area contributed by atoms with E-state index in [1.54, 1.807) is 28.9 Å². The molecule has 134 valence electrons. The largest absolute Gasteiger partial charge is 0.508 e. The quantitative estimate of drug-likeness (QED) is 0.859. The number of benzene rings is 1. The van der Waals surface area contributed by atoms with E-state index in [1.807, 2.05) is 6.92 Å². The van der Waals surface area contributed by atoms with Crippen molar-refractivity contribution in [2.24, 2.45) is 5.73 Å². The molecule has 1 unspecified atom stereocenters. The number of nitrogens with zero attached hydrogens (tertiary/aromatic N) is 2. The molecule has 1 aliphatic rings. The van der Waals surface area contributed by atoms with Crippen LogP contribution in [-0.2, 0) is 4.79 Å². The third-order valence-corrected chi connectivity index (χ3v) is 4.21. The molecule has 24 heavy (non-hydrogen) atoms. The molecule has 3 N–H and O–H groups in total. The number of phenols is 1. The minimum atomic E-state index is -0.841. The van der Waals surface area contributed by atoms with Crippen LogP contribution in [0, 0.1) is 0 Å². The molecule has 2 amide bonds. The highest BCUT2D eigenvalue weighted by molar-refractivity contribution is 5.95. The second-order valence-corrected chi connectivity index (χ2v) is 6.30. The molecule has 2 rings (SSSR count). The van der Waals surface area contributed by atoms with Crippen LogP contribution >= 0.6 is 12.4 Å². The minimum Gasteiger partial charge on any atom is -0.508 e. The Balaban J connectivity index is 0.00000288. The van der Waals surface area contributed by atoms with Crippen LogP contribution in [0.2, 0.25) is 0 Å². The molecule has 1 heterocycles. The van der Waals surface area contributed by atoms with Crippen LogP contribution in [0.15, 0.2) is 24.3 Å². The second kappa shape index (κ2) is 8.35. The van der Waals surface area contributed by atoms with E-state index in [4.69, 9.17) is 5.73 Å². The highest BCUT2D eigenvalue weighted by Gasteiger charge is 2.34. The average molecular weight is 356 g/mol. The molecule has 0 aliphatic carbocycles. The smallest absolute Gasteiger partial charge is 0.254 e. The first-order valence-corrected chi connectivity index (χ1v) is 8.01. The molecule has 0 spiro atoms. The zero-order valence-electron chi connectivity index (χ0n) is 14.2. The summed E-state index contributed by atoms with van der Waals surface area (Å²) >= 11 is 0. The zero-order chi connectivity index (χ0) is 17.0. The van der Waals surface area contributed by atoms with Gasteiger partial charge in [0.1, 0.15) is 5.75 Å². The minimum absolute atomic E-state index is 0. The van der Waals surface area contributed by atoms with E-state index >= 15 is 0 Å². The first-order valence-electron chi connectivity index (χ1n) is 8.01. The van der Waals surface area contributed by atoms with E-state index in [2.05, 4.69) is 0 Å². The Kier molecular flexibility index (Phi) is 7.05. The molecular weight excluding hydrogens is 330 g/mol. The average Bonchev–Trinajstić information content (AvgIpc) is 2.53. The molecule has 1 saturated heterocycles. The lowest BCUT2D eigenvalue weighted by molar-refractivity contribution is -0.138. The van der Waals surface area contributed by atoms with Gasteiger partial charge in [-0.3, -0.25) is 9.59 Å². The normalized spacial score (nSPS) is 17.0. The number of nitrogens with two attached hydrogens (primary N) is 1. The number of halogens is 1. The van der Waals surface area contributed by atoms with E-state index in [9.17, 15) is 14.7 Å². The number of piperazine rings is 1. The van der Waals surface area contributed by atoms with Crippen molar-refractivity contribution in [2.45, 2.75) is 32.2 Å². The maximum Gasteiger partial charge on any atom is 0.254 e. The van der Waals surface area contributed by atoms with Gasteiger partial charge in [-0.1, -0.05) is 19.4 Å². The van der Waals surface area contributed by atoms with Crippen LogP contribution in [0.1, 0.15) is 37.0 Å². The summed E-state index contributed by atoms with van der Waals surface area (Å²) < 4.78 is 0. The Morgan fingerprint density at radius 3 is 2.33 bits per heavy atom. The fourth-order valence-corrected chi connectivity index (χ4v) is 2.92. The zero-order valence-corrected chi connectivity index (χ0v) is 15.0. The lowest BCUT2D eigenvalue weighted by Crippen LogP contribution is -2.58. The van der Waals surface area contributed by atoms with Crippen molar-refractivity contribution in [3.63, 3.8) is 0 Å². The SMILES string of the molecule is CCCC(C)(N)C(=O)N1CCN(C(=O)c2cccc(O)c2)CC1.Cl. The Hall–Kier alpha value is -1.79. The van der Waals surface area contributed by atoms with Gasteiger partial charge in [-0.05, 0) is 31.5 Å². The number of carbonyl (C=O) groups is 2. The summed E-state index contributed by atoms with van der Waals surface area (Å²) in [5, 5.41) is 9.48. The van der Waals surface area contributed by atoms with E-state index in [1.165, 1.54) is 12.1 Å². The number of carbonyl (C=O) groups excluding carboxylic acids is 2. The summed E-state index contributed by atoms with van der Waals surface area (Å²) in [4.78, 5) is 28.3. The molecule has 0 aromatic heterocycles. The van der Waals surface area contributed by atoms with Crippen molar-refractivity contribution in [3.05, 3.63) is 29.8 Å². The molecule has 1 aliphatic heterocycles. The number of rotatable bonds is 4. The van der Waals surface area contributed by atoms with Crippen molar-refractivity contribution in [1.82, 2.24) is 9.80 Å². The van der Waals surface area contributed by atoms with Gasteiger partial charge in [-0.2, -0.15) is 0 Å². The van der Waals surface area contributed by atoms with Gasteiger partial charge in [0, 0.05) is 31.7 Å². The van der Waals surface area contributed by atoms with Crippen LogP contribution in [-0.4, -0.2) is 58.4 Å². The number of phenolic OH excluding ortho intramolecular Hbond substituents is 1. The molecule has 1 fully saturated rings. The van der Waals surface area contributed by atoms with E-state index < -0.39 is 5.54 Å². The predicted molar refractivity (Wildman–Crippen MR) is 95.3 cm³/mol. The predicted octanol–water partition coefficient (Wildman–Crippen LogP) is 1.62. The number of hydrogen-bond donors (Lipinski definition) is 2. The van der Waals surface area contributed by atoms with Crippen molar-refractivity contribution < 1.29 is 14.7 Å². The lowest BCUT2D eigenvalue weighted by Gasteiger charge is -2.38. The van der Waals surface area contributed by atoms with Gasteiger partial charge >= 0.3 is 0 Å². The van der Waals surface area contributed by atoms with Gasteiger partial charge in [0.25, 0.3) is 5.91 Å². The summed E-state index contributed by atoms with van der Waals surface area (Å²) in [6.07, 6.45) is 1.50. The topological polar surface area (TPSA) is 86.9 Å². The molecular formula is C17H26ClN3O3. The number of hydrogen-bond acceptors (Lipinski definition) is 4. The molecule has 1 atom stereocenters. The van der Waals surface area contributed by atoms with Gasteiger partial charge in [0.2, 0.25) is 5.91 Å². The van der Waals surface area contributed by atoms with Gasteiger partial charge < -0.3 is 20.6 Å². The highest BCUT2D eigenvalue weighted by Crippen LogP contribution is 2.17. The lowest BCUT2D eigenvalue weighted by atomic mass is 9.95. The first kappa shape index (κ1) is 20.3. The Morgan fingerprint density at radius 1 is 1.21 bits per heavy atom. The van der Waals surface area contributed by atoms with Gasteiger partial charge in [-0.25, -0.2) is 0 Å². The Labute approximate surface area is 149 Å². The number of aromatic hydroxyl groups is 1. The van der Waals surface area contributed by atoms with Crippen molar-refractivity contribution in [3.8, 4) is 5.75 Å². The fraction of sp³-hybridized carbons (Fsp3) is 0.529. The molecule has 0 bridgehead atoms. The monoisotopic (exact) mass is 355 g/mol. The van der Waals surface area contributed by atoms with Crippen LogP contribution in [0.25, 0.3) is 0 Å². The first-order chi connectivity index (χ1) is 10.8. The summed E-state index contributed by atoms with van der Waals surface area (Å²) in [6.45, 7) is 5.69. The van der Waals surface area contributed by atoms with Crippen LogP contribution < -0.4 is 5.73 Å². The highest BCUT2D eigenvalue weighted by atomic mass is 35.5. The van der Waals surface area contributed by atoms with E-state index in [-0.39, 0.29) is 30.0 Å². The maximum absolute atomic E-state index is 12.5. The molecule has 0 saturated carbocycles. The second-order valence-electron chi connectivity index (χ2n) is 6.30. The molecule has 7 heteroatoms. The summed E-state index contributed by atoms with van der Waals surface area (Å²) in [7, 11) is 0. The van der Waals surface area contributed by atoms with E-state index in [0.717, 1.165) is 6.42 Å². The van der Waals surface area contributed by atoms with Crippen LogP contribution in [0.3, 0.4) is 0 Å². The Morgan fingerprint density at radius 2 is 1.79 bits per heavy atom. The third kappa shape index (κ3) is 4.61. The molecule has 6 nitrogen and oxygen atoms in total. The molecule has 1 aromatic carbocycles. The molecule has 1 aromatic rings. The summed E-state index contributed by atoms with van der Waals surface area (Å²) in [6, 6.07) is 6.31. The molecule has 0 radical (unpaired) electrons. The maximum atomic E-state index is 12.5. The van der Waals surface area contributed by atoms with Crippen molar-refractivity contribution in [1.29, 1.82) is 0 Å². The third-order valence-electron chi connectivity index (χ3n) is 4.21. The van der Waals surface area contributed by atoms with Crippen molar-refractivity contribution >= 4 is 24.2 Å². The van der Waals surface area contributed by atoms with Crippen LogP contribution in [0.5, 0.6) is 5.75 Å². The standard InChI is InChI=1S/C17H25N3O3.ClH/c1-3-7-17(2,18)16(23)20-10-8-19(9-11-20)15(22)13-5-4-6-14(21)12-13;/h4-6,12,21H,3,7-11,18H2,1-2H3;1H. The summed E-state index contributed by atoms with van der Waals surface area (Å²) in [5.74, 6) is -0.107. The van der Waals surface area contributed by atoms with Gasteiger partial charge in [0.15, 0.2) is 0 Å². The van der Waals surface area contributed by atoms with Crippen molar-refractivity contribution in [2.75, 3.05) is 26.2 Å². The summed E-state index contributed by atoms with van der Waals surface area (Å²) in [5.41, 5.74) is 5.72. The van der Waals surface area contributed by atoms with E-state index in [0.29, 0.717) is 38.2 Å². The fourth-order valence-electron chi connectivity index (χ4n) is 2.92.